The largest absolute Gasteiger partial charge is 0.412 e. The van der Waals surface area contributed by atoms with Crippen molar-refractivity contribution in [3.8, 4) is 0 Å². The molecule has 0 rings (SSSR count). The normalized spacial score (nSPS) is 6.00. The van der Waals surface area contributed by atoms with Gasteiger partial charge in [-0.3, -0.25) is 0 Å². The quantitative estimate of drug-likeness (QED) is 0.134. The van der Waals surface area contributed by atoms with Gasteiger partial charge in [0.2, 0.25) is 0 Å². The summed E-state index contributed by atoms with van der Waals surface area (Å²) in [7, 11) is 0. The summed E-state index contributed by atoms with van der Waals surface area (Å²) in [5.41, 5.74) is 13.6. The highest BCUT2D eigenvalue weighted by atomic mass is 32.1. The molecule has 0 unspecified atom stereocenters. The summed E-state index contributed by atoms with van der Waals surface area (Å²) in [6, 6.07) is 0. The van der Waals surface area contributed by atoms with Gasteiger partial charge in [0.05, 0.1) is 0 Å². The van der Waals surface area contributed by atoms with Gasteiger partial charge in [0.25, 0.3) is 0 Å². The van der Waals surface area contributed by atoms with Crippen LogP contribution >= 0.6 is 24.4 Å². The molecule has 0 aromatic heterocycles. The van der Waals surface area contributed by atoms with Crippen LogP contribution in [0.15, 0.2) is 0 Å². The second-order valence-electron chi connectivity index (χ2n) is 1.02. The van der Waals surface area contributed by atoms with Gasteiger partial charge in [-0.05, 0) is 24.4 Å². The Kier molecular flexibility index (Phi) is 18.2. The first-order valence-electron chi connectivity index (χ1n) is 2.06. The van der Waals surface area contributed by atoms with E-state index in [1.807, 2.05) is 10.9 Å². The van der Waals surface area contributed by atoms with Crippen molar-refractivity contribution in [3.63, 3.8) is 0 Å². The van der Waals surface area contributed by atoms with Gasteiger partial charge < -0.3 is 27.8 Å². The highest BCUT2D eigenvalue weighted by Crippen LogP contribution is 1.40. The van der Waals surface area contributed by atoms with Gasteiger partial charge in [-0.2, -0.15) is 0 Å². The molecule has 12 N–H and O–H groups in total. The number of hydrogen-bond donors (Lipinski definition) is 6. The fourth-order valence-corrected chi connectivity index (χ4v) is 0. The predicted molar refractivity (Wildman–Crippen MR) is 51.8 cm³/mol. The molecule has 0 heterocycles. The summed E-state index contributed by atoms with van der Waals surface area (Å²) in [4.78, 5) is 0. The van der Waals surface area contributed by atoms with Crippen molar-refractivity contribution in [1.29, 1.82) is 0 Å². The molecule has 0 saturated carbocycles. The average molecular weight is 200 g/mol. The lowest BCUT2D eigenvalue weighted by Gasteiger charge is -1.85. The molecule has 7 nitrogen and oxygen atoms in total. The van der Waals surface area contributed by atoms with E-state index in [0.717, 1.165) is 0 Å². The summed E-state index contributed by atoms with van der Waals surface area (Å²) < 4.78 is 0. The number of nitrogens with two attached hydrogens (primary N) is 4. The third-order valence-electron chi connectivity index (χ3n) is 0.285. The van der Waals surface area contributed by atoms with Gasteiger partial charge in [0.15, 0.2) is 10.2 Å². The zero-order valence-corrected chi connectivity index (χ0v) is 7.26. The van der Waals surface area contributed by atoms with Crippen molar-refractivity contribution in [2.45, 2.75) is 0 Å². The van der Waals surface area contributed by atoms with Crippen LogP contribution < -0.4 is 34.0 Å². The van der Waals surface area contributed by atoms with Crippen molar-refractivity contribution < 1.29 is 5.48 Å². The third kappa shape index (κ3) is 45.9. The smallest absolute Gasteiger partial charge is 0.177 e. The van der Waals surface area contributed by atoms with Crippen molar-refractivity contribution >= 4 is 34.7 Å². The maximum Gasteiger partial charge on any atom is 0.177 e. The standard InChI is InChI=1S/2CH5N3S.H2O/c2*2-1(5)4-3;/h2*3H2,(H3,2,4,5);1H2. The van der Waals surface area contributed by atoms with Crippen LogP contribution in [0.4, 0.5) is 0 Å². The monoisotopic (exact) mass is 200 g/mol. The van der Waals surface area contributed by atoms with Gasteiger partial charge in [0, 0.05) is 0 Å². The first-order valence-corrected chi connectivity index (χ1v) is 2.88. The third-order valence-corrected chi connectivity index (χ3v) is 0.520. The van der Waals surface area contributed by atoms with Crippen LogP contribution in [0.25, 0.3) is 0 Å². The predicted octanol–water partition coefficient (Wildman–Crippen LogP) is -3.44. The van der Waals surface area contributed by atoms with E-state index in [4.69, 9.17) is 11.5 Å². The molecule has 0 aliphatic carbocycles. The van der Waals surface area contributed by atoms with Crippen LogP contribution in [0.2, 0.25) is 0 Å². The molecule has 0 fully saturated rings. The maximum absolute atomic E-state index is 4.79. The molecule has 68 valence electrons. The number of hydrazine groups is 2. The molecule has 0 aliphatic heterocycles. The van der Waals surface area contributed by atoms with E-state index in [-0.39, 0.29) is 15.7 Å². The van der Waals surface area contributed by atoms with E-state index in [2.05, 4.69) is 36.1 Å². The Hall–Kier alpha value is -0.740. The Balaban J connectivity index is -0.000000107. The minimum absolute atomic E-state index is 0. The molecule has 0 amide bonds. The van der Waals surface area contributed by atoms with Crippen molar-refractivity contribution in [2.24, 2.45) is 23.2 Å². The molecular formula is C2H12N6OS2. The summed E-state index contributed by atoms with van der Waals surface area (Å²) in [6.45, 7) is 0. The Bertz CT molecular complexity index is 103. The van der Waals surface area contributed by atoms with Crippen molar-refractivity contribution in [3.05, 3.63) is 0 Å². The first-order chi connectivity index (χ1) is 4.54. The van der Waals surface area contributed by atoms with E-state index in [0.29, 0.717) is 0 Å². The fraction of sp³-hybridized carbons (Fsp3) is 0. The van der Waals surface area contributed by atoms with Crippen LogP contribution in [0.5, 0.6) is 0 Å². The number of nitrogens with one attached hydrogen (secondary N) is 2. The zero-order valence-electron chi connectivity index (χ0n) is 5.63. The molecule has 0 aliphatic rings. The van der Waals surface area contributed by atoms with E-state index < -0.39 is 0 Å². The van der Waals surface area contributed by atoms with Crippen LogP contribution in [0.3, 0.4) is 0 Å². The molecule has 0 saturated heterocycles. The highest BCUT2D eigenvalue weighted by Gasteiger charge is 1.67. The molecule has 0 atom stereocenters. The minimum atomic E-state index is 0. The Morgan fingerprint density at radius 1 is 0.909 bits per heavy atom. The number of hydrogen-bond acceptors (Lipinski definition) is 4. The molecule has 11 heavy (non-hydrogen) atoms. The average Bonchev–Trinajstić information content (AvgIpc) is 1.89. The SMILES string of the molecule is NNC(N)=S.NNC(N)=S.O. The molecule has 0 bridgehead atoms. The lowest BCUT2D eigenvalue weighted by atomic mass is 11.2. The summed E-state index contributed by atoms with van der Waals surface area (Å²) in [6.07, 6.45) is 0. The van der Waals surface area contributed by atoms with E-state index in [1.165, 1.54) is 0 Å². The van der Waals surface area contributed by atoms with E-state index in [9.17, 15) is 0 Å². The molecule has 0 aromatic carbocycles. The topological polar surface area (TPSA) is 160 Å². The van der Waals surface area contributed by atoms with Crippen LogP contribution in [-0.4, -0.2) is 15.7 Å². The Morgan fingerprint density at radius 2 is 1.00 bits per heavy atom. The Morgan fingerprint density at radius 3 is 1.00 bits per heavy atom. The van der Waals surface area contributed by atoms with Gasteiger partial charge >= 0.3 is 0 Å². The van der Waals surface area contributed by atoms with Crippen LogP contribution in [0.1, 0.15) is 0 Å². The summed E-state index contributed by atoms with van der Waals surface area (Å²) in [5, 5.41) is 0.231. The fourth-order valence-electron chi connectivity index (χ4n) is 0. The van der Waals surface area contributed by atoms with Gasteiger partial charge in [-0.1, -0.05) is 0 Å². The molecule has 0 aromatic rings. The molecular weight excluding hydrogens is 188 g/mol. The van der Waals surface area contributed by atoms with E-state index >= 15 is 0 Å². The van der Waals surface area contributed by atoms with Crippen molar-refractivity contribution in [2.75, 3.05) is 0 Å². The first kappa shape index (κ1) is 16.7. The lowest BCUT2D eigenvalue weighted by Crippen LogP contribution is -2.34. The van der Waals surface area contributed by atoms with E-state index in [1.54, 1.807) is 0 Å². The highest BCUT2D eigenvalue weighted by molar-refractivity contribution is 7.80. The van der Waals surface area contributed by atoms with Crippen LogP contribution in [0, 0.1) is 0 Å². The summed E-state index contributed by atoms with van der Waals surface area (Å²) in [5.74, 6) is 9.31. The van der Waals surface area contributed by atoms with Gasteiger partial charge in [-0.25, -0.2) is 11.7 Å². The Labute approximate surface area is 74.7 Å². The second-order valence-corrected chi connectivity index (χ2v) is 1.90. The molecule has 9 heteroatoms. The van der Waals surface area contributed by atoms with Crippen LogP contribution in [-0.2, 0) is 0 Å². The molecule has 0 spiro atoms. The maximum atomic E-state index is 4.79. The second kappa shape index (κ2) is 12.0. The van der Waals surface area contributed by atoms with Gasteiger partial charge in [0.1, 0.15) is 0 Å². The number of rotatable bonds is 0. The summed E-state index contributed by atoms with van der Waals surface area (Å²) >= 11 is 8.48. The van der Waals surface area contributed by atoms with Gasteiger partial charge in [-0.15, -0.1) is 0 Å². The zero-order chi connectivity index (χ0) is 8.57. The minimum Gasteiger partial charge on any atom is -0.412 e. The molecule has 0 radical (unpaired) electrons. The lowest BCUT2D eigenvalue weighted by molar-refractivity contribution is 0.824. The van der Waals surface area contributed by atoms with Crippen molar-refractivity contribution in [1.82, 2.24) is 10.9 Å². The number of thiocarbonyl (C=S) groups is 2.